The van der Waals surface area contributed by atoms with Crippen molar-refractivity contribution in [1.82, 2.24) is 15.0 Å². The van der Waals surface area contributed by atoms with Gasteiger partial charge in [0.15, 0.2) is 0 Å². The van der Waals surface area contributed by atoms with Crippen LogP contribution in [-0.2, 0) is 6.42 Å². The van der Waals surface area contributed by atoms with Gasteiger partial charge in [-0.3, -0.25) is 4.98 Å². The van der Waals surface area contributed by atoms with Crippen LogP contribution in [0.3, 0.4) is 0 Å². The van der Waals surface area contributed by atoms with Gasteiger partial charge in [0.2, 0.25) is 0 Å². The van der Waals surface area contributed by atoms with E-state index in [0.29, 0.717) is 12.0 Å². The lowest BCUT2D eigenvalue weighted by Crippen LogP contribution is -2.04. The lowest BCUT2D eigenvalue weighted by molar-refractivity contribution is 0.0695. The van der Waals surface area contributed by atoms with E-state index < -0.39 is 5.97 Å². The number of hydrogen-bond acceptors (Lipinski definition) is 4. The highest BCUT2D eigenvalue weighted by molar-refractivity contribution is 5.89. The Hall–Kier alpha value is -3.08. The summed E-state index contributed by atoms with van der Waals surface area (Å²) in [5.41, 5.74) is 5.73. The minimum absolute atomic E-state index is 0.341. The van der Waals surface area contributed by atoms with Crippen molar-refractivity contribution in [1.29, 1.82) is 0 Å². The first-order chi connectivity index (χ1) is 11.5. The lowest BCUT2D eigenvalue weighted by atomic mass is 9.97. The molecule has 2 heterocycles. The van der Waals surface area contributed by atoms with Gasteiger partial charge >= 0.3 is 5.97 Å². The quantitative estimate of drug-likeness (QED) is 0.797. The third-order valence-electron chi connectivity index (χ3n) is 3.86. The maximum absolute atomic E-state index is 11.4. The SMILES string of the molecule is Cc1ccc(Cc2cnc(-c3cncnc3)c(C)c2)c(C(=O)O)c1. The van der Waals surface area contributed by atoms with E-state index in [1.165, 1.54) is 6.33 Å². The normalized spacial score (nSPS) is 10.6. The van der Waals surface area contributed by atoms with Gasteiger partial charge in [0.1, 0.15) is 6.33 Å². The van der Waals surface area contributed by atoms with Crippen LogP contribution in [0, 0.1) is 13.8 Å². The van der Waals surface area contributed by atoms with Crippen LogP contribution in [0.2, 0.25) is 0 Å². The number of carboxylic acids is 1. The van der Waals surface area contributed by atoms with Gasteiger partial charge in [-0.15, -0.1) is 0 Å². The summed E-state index contributed by atoms with van der Waals surface area (Å²) in [4.78, 5) is 24.0. The zero-order valence-electron chi connectivity index (χ0n) is 13.5. The van der Waals surface area contributed by atoms with Gasteiger partial charge in [-0.1, -0.05) is 23.8 Å². The highest BCUT2D eigenvalue weighted by Crippen LogP contribution is 2.22. The number of benzene rings is 1. The van der Waals surface area contributed by atoms with Crippen molar-refractivity contribution in [3.8, 4) is 11.3 Å². The molecule has 120 valence electrons. The van der Waals surface area contributed by atoms with Gasteiger partial charge in [-0.25, -0.2) is 14.8 Å². The molecule has 0 amide bonds. The number of carboxylic acid groups (broad SMARTS) is 1. The van der Waals surface area contributed by atoms with Crippen LogP contribution in [0.25, 0.3) is 11.3 Å². The van der Waals surface area contributed by atoms with Gasteiger partial charge < -0.3 is 5.11 Å². The predicted octanol–water partition coefficient (Wildman–Crippen LogP) is 3.44. The summed E-state index contributed by atoms with van der Waals surface area (Å²) in [7, 11) is 0. The van der Waals surface area contributed by atoms with Gasteiger partial charge in [0.25, 0.3) is 0 Å². The molecular formula is C19H17N3O2. The Morgan fingerprint density at radius 2 is 1.83 bits per heavy atom. The Bertz CT molecular complexity index is 892. The number of rotatable bonds is 4. The summed E-state index contributed by atoms with van der Waals surface area (Å²) in [5.74, 6) is -0.906. The smallest absolute Gasteiger partial charge is 0.335 e. The van der Waals surface area contributed by atoms with Crippen LogP contribution in [-0.4, -0.2) is 26.0 Å². The van der Waals surface area contributed by atoms with Crippen LogP contribution < -0.4 is 0 Å². The molecule has 1 aromatic carbocycles. The standard InChI is InChI=1S/C19H17N3O2/c1-12-3-4-15(17(5-12)19(23)24)7-14-6-13(2)18(22-8-14)16-9-20-11-21-10-16/h3-6,8-11H,7H2,1-2H3,(H,23,24). The van der Waals surface area contributed by atoms with Crippen LogP contribution in [0.15, 0.2) is 49.2 Å². The van der Waals surface area contributed by atoms with Crippen molar-refractivity contribution in [2.75, 3.05) is 0 Å². The number of carbonyl (C=O) groups is 1. The van der Waals surface area contributed by atoms with E-state index in [2.05, 4.69) is 15.0 Å². The molecule has 0 aliphatic carbocycles. The molecule has 0 aliphatic heterocycles. The summed E-state index contributed by atoms with van der Waals surface area (Å²) in [6, 6.07) is 7.53. The van der Waals surface area contributed by atoms with Crippen molar-refractivity contribution in [3.05, 3.63) is 77.0 Å². The third-order valence-corrected chi connectivity index (χ3v) is 3.86. The van der Waals surface area contributed by atoms with Crippen molar-refractivity contribution in [2.24, 2.45) is 0 Å². The summed E-state index contributed by atoms with van der Waals surface area (Å²) in [6.07, 6.45) is 7.25. The maximum atomic E-state index is 11.4. The maximum Gasteiger partial charge on any atom is 0.335 e. The summed E-state index contributed by atoms with van der Waals surface area (Å²) in [6.45, 7) is 3.87. The third kappa shape index (κ3) is 3.30. The second kappa shape index (κ2) is 6.58. The number of aromatic nitrogens is 3. The molecule has 24 heavy (non-hydrogen) atoms. The van der Waals surface area contributed by atoms with Crippen molar-refractivity contribution in [2.45, 2.75) is 20.3 Å². The molecule has 0 fully saturated rings. The van der Waals surface area contributed by atoms with Crippen LogP contribution >= 0.6 is 0 Å². The highest BCUT2D eigenvalue weighted by atomic mass is 16.4. The topological polar surface area (TPSA) is 76.0 Å². The van der Waals surface area contributed by atoms with E-state index in [9.17, 15) is 9.90 Å². The van der Waals surface area contributed by atoms with E-state index in [1.54, 1.807) is 24.7 Å². The van der Waals surface area contributed by atoms with Gasteiger partial charge in [0.05, 0.1) is 11.3 Å². The number of aromatic carboxylic acids is 1. The molecule has 2 aromatic heterocycles. The molecule has 3 aromatic rings. The highest BCUT2D eigenvalue weighted by Gasteiger charge is 2.12. The molecule has 0 atom stereocenters. The molecule has 3 rings (SSSR count). The molecule has 1 N–H and O–H groups in total. The molecular weight excluding hydrogens is 302 g/mol. The van der Waals surface area contributed by atoms with Crippen molar-refractivity contribution >= 4 is 5.97 Å². The molecule has 0 bridgehead atoms. The Balaban J connectivity index is 1.93. The fourth-order valence-corrected chi connectivity index (χ4v) is 2.72. The molecule has 0 unspecified atom stereocenters. The largest absolute Gasteiger partial charge is 0.478 e. The van der Waals surface area contributed by atoms with Crippen molar-refractivity contribution < 1.29 is 9.90 Å². The molecule has 0 saturated heterocycles. The van der Waals surface area contributed by atoms with Crippen LogP contribution in [0.1, 0.15) is 32.6 Å². The molecule has 0 aliphatic rings. The fraction of sp³-hybridized carbons (Fsp3) is 0.158. The Morgan fingerprint density at radius 1 is 1.08 bits per heavy atom. The average molecular weight is 319 g/mol. The monoisotopic (exact) mass is 319 g/mol. The van der Waals surface area contributed by atoms with Gasteiger partial charge in [0, 0.05) is 24.2 Å². The van der Waals surface area contributed by atoms with E-state index in [0.717, 1.165) is 33.5 Å². The van der Waals surface area contributed by atoms with Crippen LogP contribution in [0.5, 0.6) is 0 Å². The number of aryl methyl sites for hydroxylation is 2. The number of hydrogen-bond donors (Lipinski definition) is 1. The predicted molar refractivity (Wildman–Crippen MR) is 90.9 cm³/mol. The van der Waals surface area contributed by atoms with E-state index >= 15 is 0 Å². The van der Waals surface area contributed by atoms with E-state index in [4.69, 9.17) is 0 Å². The molecule has 5 nitrogen and oxygen atoms in total. The first kappa shape index (κ1) is 15.8. The minimum atomic E-state index is -0.906. The Morgan fingerprint density at radius 3 is 2.50 bits per heavy atom. The van der Waals surface area contributed by atoms with E-state index in [1.807, 2.05) is 32.0 Å². The second-order valence-electron chi connectivity index (χ2n) is 5.78. The zero-order chi connectivity index (χ0) is 17.1. The second-order valence-corrected chi connectivity index (χ2v) is 5.78. The van der Waals surface area contributed by atoms with Crippen molar-refractivity contribution in [3.63, 3.8) is 0 Å². The molecule has 0 radical (unpaired) electrons. The first-order valence-electron chi connectivity index (χ1n) is 7.58. The fourth-order valence-electron chi connectivity index (χ4n) is 2.72. The summed E-state index contributed by atoms with van der Waals surface area (Å²) >= 11 is 0. The summed E-state index contributed by atoms with van der Waals surface area (Å²) in [5, 5.41) is 9.39. The number of nitrogens with zero attached hydrogens (tertiary/aromatic N) is 3. The number of pyridine rings is 1. The van der Waals surface area contributed by atoms with Gasteiger partial charge in [-0.2, -0.15) is 0 Å². The van der Waals surface area contributed by atoms with E-state index in [-0.39, 0.29) is 0 Å². The molecule has 0 spiro atoms. The zero-order valence-corrected chi connectivity index (χ0v) is 13.5. The molecule has 0 saturated carbocycles. The lowest BCUT2D eigenvalue weighted by Gasteiger charge is -2.10. The minimum Gasteiger partial charge on any atom is -0.478 e. The Labute approximate surface area is 140 Å². The average Bonchev–Trinajstić information content (AvgIpc) is 2.57. The van der Waals surface area contributed by atoms with Gasteiger partial charge in [-0.05, 0) is 43.0 Å². The summed E-state index contributed by atoms with van der Waals surface area (Å²) < 4.78 is 0. The first-order valence-corrected chi connectivity index (χ1v) is 7.58. The van der Waals surface area contributed by atoms with Crippen LogP contribution in [0.4, 0.5) is 0 Å². The molecule has 5 heteroatoms. The Kier molecular flexibility index (Phi) is 4.33.